The van der Waals surface area contributed by atoms with Gasteiger partial charge >= 0.3 is 6.09 Å². The molecule has 2 fully saturated rings. The molecule has 2 aliphatic heterocycles. The number of carbonyl (C=O) groups is 1. The molecule has 0 atom stereocenters. The number of piperidine rings is 1. The third-order valence-corrected chi connectivity index (χ3v) is 7.21. The quantitative estimate of drug-likeness (QED) is 0.453. The van der Waals surface area contributed by atoms with Crippen LogP contribution in [0.3, 0.4) is 0 Å². The van der Waals surface area contributed by atoms with E-state index in [1.807, 2.05) is 43.3 Å². The van der Waals surface area contributed by atoms with Crippen molar-refractivity contribution in [1.29, 1.82) is 0 Å². The summed E-state index contributed by atoms with van der Waals surface area (Å²) in [5.74, 6) is -0.214. The lowest BCUT2D eigenvalue weighted by molar-refractivity contribution is -0.000979. The Balaban J connectivity index is 1.24. The second kappa shape index (κ2) is 8.88. The first-order chi connectivity index (χ1) is 16.3. The molecule has 0 saturated carbocycles. The summed E-state index contributed by atoms with van der Waals surface area (Å²) in [6.45, 7) is 9.57. The van der Waals surface area contributed by atoms with Crippen LogP contribution >= 0.6 is 0 Å². The summed E-state index contributed by atoms with van der Waals surface area (Å²) in [6.07, 6.45) is 1.44. The van der Waals surface area contributed by atoms with Crippen molar-refractivity contribution in [1.82, 2.24) is 4.90 Å². The van der Waals surface area contributed by atoms with E-state index in [9.17, 15) is 9.18 Å². The fourth-order valence-electron chi connectivity index (χ4n) is 5.40. The molecule has 1 spiro atoms. The van der Waals surface area contributed by atoms with E-state index in [2.05, 4.69) is 30.9 Å². The highest BCUT2D eigenvalue weighted by atomic mass is 19.1. The van der Waals surface area contributed by atoms with Crippen molar-refractivity contribution >= 4 is 11.8 Å². The molecule has 3 aromatic carbocycles. The molecule has 5 rings (SSSR count). The Hall–Kier alpha value is -3.18. The van der Waals surface area contributed by atoms with Crippen LogP contribution in [0.1, 0.15) is 35.1 Å². The maximum absolute atomic E-state index is 13.3. The normalized spacial score (nSPS) is 17.9. The number of benzene rings is 3. The maximum atomic E-state index is 13.3. The van der Waals surface area contributed by atoms with Gasteiger partial charge in [0.15, 0.2) is 0 Å². The van der Waals surface area contributed by atoms with Crippen LogP contribution in [0.5, 0.6) is 0 Å². The summed E-state index contributed by atoms with van der Waals surface area (Å²) in [6, 6.07) is 19.2. The van der Waals surface area contributed by atoms with Gasteiger partial charge in [-0.25, -0.2) is 9.18 Å². The number of amides is 1. The molecule has 2 aliphatic rings. The zero-order chi connectivity index (χ0) is 23.9. The van der Waals surface area contributed by atoms with Gasteiger partial charge in [-0.1, -0.05) is 42.0 Å². The minimum absolute atomic E-state index is 0.214. The predicted molar refractivity (Wildman–Crippen MR) is 134 cm³/mol. The van der Waals surface area contributed by atoms with Gasteiger partial charge in [0.2, 0.25) is 0 Å². The zero-order valence-electron chi connectivity index (χ0n) is 20.1. The molecule has 0 radical (unpaired) electrons. The van der Waals surface area contributed by atoms with Crippen molar-refractivity contribution in [3.63, 3.8) is 0 Å². The zero-order valence-corrected chi connectivity index (χ0v) is 20.1. The number of anilines is 1. The van der Waals surface area contributed by atoms with E-state index in [4.69, 9.17) is 4.74 Å². The number of halogens is 1. The summed E-state index contributed by atoms with van der Waals surface area (Å²) in [5, 5.41) is 0. The van der Waals surface area contributed by atoms with Gasteiger partial charge in [-0.15, -0.1) is 0 Å². The number of carbonyl (C=O) groups excluding carboxylic acids is 1. The molecule has 4 nitrogen and oxygen atoms in total. The first kappa shape index (κ1) is 22.6. The van der Waals surface area contributed by atoms with Gasteiger partial charge in [-0.3, -0.25) is 9.80 Å². The van der Waals surface area contributed by atoms with Crippen LogP contribution < -0.4 is 4.90 Å². The number of hydrogen-bond acceptors (Lipinski definition) is 3. The highest BCUT2D eigenvalue weighted by Crippen LogP contribution is 2.36. The van der Waals surface area contributed by atoms with Crippen LogP contribution in [-0.2, 0) is 11.3 Å². The van der Waals surface area contributed by atoms with Crippen LogP contribution in [0.2, 0.25) is 0 Å². The topological polar surface area (TPSA) is 32.8 Å². The van der Waals surface area contributed by atoms with E-state index in [1.54, 1.807) is 4.90 Å². The predicted octanol–water partition coefficient (Wildman–Crippen LogP) is 6.41. The van der Waals surface area contributed by atoms with Crippen molar-refractivity contribution in [3.8, 4) is 11.1 Å². The maximum Gasteiger partial charge on any atom is 0.415 e. The molecular formula is C29H31FN2O2. The molecule has 2 saturated heterocycles. The van der Waals surface area contributed by atoms with Gasteiger partial charge in [0, 0.05) is 38.2 Å². The number of likely N-dealkylation sites (tertiary alicyclic amines) is 1. The molecule has 0 aromatic heterocycles. The largest absolute Gasteiger partial charge is 0.441 e. The van der Waals surface area contributed by atoms with E-state index in [0.717, 1.165) is 43.7 Å². The van der Waals surface area contributed by atoms with Gasteiger partial charge in [0.05, 0.1) is 6.54 Å². The highest BCUT2D eigenvalue weighted by molar-refractivity contribution is 5.90. The molecule has 0 bridgehead atoms. The highest BCUT2D eigenvalue weighted by Gasteiger charge is 2.47. The van der Waals surface area contributed by atoms with Gasteiger partial charge in [0.1, 0.15) is 11.4 Å². The summed E-state index contributed by atoms with van der Waals surface area (Å²) in [5.41, 5.74) is 7.59. The lowest BCUT2D eigenvalue weighted by Gasteiger charge is -2.37. The fourth-order valence-corrected chi connectivity index (χ4v) is 5.40. The average Bonchev–Trinajstić information content (AvgIpc) is 3.12. The summed E-state index contributed by atoms with van der Waals surface area (Å²) in [7, 11) is 0. The van der Waals surface area contributed by atoms with Crippen molar-refractivity contribution < 1.29 is 13.9 Å². The Labute approximate surface area is 201 Å². The van der Waals surface area contributed by atoms with Crippen molar-refractivity contribution in [2.24, 2.45) is 0 Å². The van der Waals surface area contributed by atoms with Gasteiger partial charge < -0.3 is 4.74 Å². The van der Waals surface area contributed by atoms with Crippen LogP contribution in [0, 0.1) is 26.6 Å². The van der Waals surface area contributed by atoms with Crippen LogP contribution in [0.25, 0.3) is 11.1 Å². The number of aryl methyl sites for hydroxylation is 3. The van der Waals surface area contributed by atoms with E-state index >= 15 is 0 Å². The first-order valence-electron chi connectivity index (χ1n) is 12.0. The third kappa shape index (κ3) is 4.45. The lowest BCUT2D eigenvalue weighted by Crippen LogP contribution is -2.46. The van der Waals surface area contributed by atoms with Gasteiger partial charge in [0.25, 0.3) is 0 Å². The SMILES string of the molecule is Cc1ccc(N2CC3(CCN(Cc4cc(C)c(-c5ccc(F)cc5)c(C)c4)CC3)OC2=O)cc1. The Morgan fingerprint density at radius 2 is 1.53 bits per heavy atom. The lowest BCUT2D eigenvalue weighted by atomic mass is 9.90. The summed E-state index contributed by atoms with van der Waals surface area (Å²) in [4.78, 5) is 16.8. The fraction of sp³-hybridized carbons (Fsp3) is 0.345. The molecular weight excluding hydrogens is 427 g/mol. The molecule has 5 heteroatoms. The standard InChI is InChI=1S/C29H31FN2O2/c1-20-4-10-26(11-5-20)32-19-29(34-28(32)33)12-14-31(15-13-29)18-23-16-21(2)27(22(3)17-23)24-6-8-25(30)9-7-24/h4-11,16-17H,12-15,18-19H2,1-3H3. The van der Waals surface area contributed by atoms with E-state index < -0.39 is 5.60 Å². The van der Waals surface area contributed by atoms with E-state index in [-0.39, 0.29) is 11.9 Å². The number of nitrogens with zero attached hydrogens (tertiary/aromatic N) is 2. The van der Waals surface area contributed by atoms with Crippen LogP contribution in [-0.4, -0.2) is 36.2 Å². The smallest absolute Gasteiger partial charge is 0.415 e. The van der Waals surface area contributed by atoms with Crippen LogP contribution in [0.4, 0.5) is 14.9 Å². The Bertz CT molecular complexity index is 1170. The average molecular weight is 459 g/mol. The Morgan fingerprint density at radius 3 is 2.15 bits per heavy atom. The molecule has 3 aromatic rings. The molecule has 1 amide bonds. The Kier molecular flexibility index (Phi) is 5.90. The summed E-state index contributed by atoms with van der Waals surface area (Å²) < 4.78 is 19.3. The van der Waals surface area contributed by atoms with E-state index in [0.29, 0.717) is 6.54 Å². The molecule has 0 N–H and O–H groups in total. The van der Waals surface area contributed by atoms with Gasteiger partial charge in [-0.2, -0.15) is 0 Å². The third-order valence-electron chi connectivity index (χ3n) is 7.21. The molecule has 34 heavy (non-hydrogen) atoms. The van der Waals surface area contributed by atoms with Gasteiger partial charge in [-0.05, 0) is 72.9 Å². The van der Waals surface area contributed by atoms with Crippen molar-refractivity contribution in [3.05, 3.63) is 88.7 Å². The second-order valence-corrected chi connectivity index (χ2v) is 9.86. The second-order valence-electron chi connectivity index (χ2n) is 9.86. The van der Waals surface area contributed by atoms with Crippen molar-refractivity contribution in [2.75, 3.05) is 24.5 Å². The minimum atomic E-state index is -0.392. The summed E-state index contributed by atoms with van der Waals surface area (Å²) >= 11 is 0. The number of rotatable bonds is 4. The molecule has 0 aliphatic carbocycles. The molecule has 0 unspecified atom stereocenters. The monoisotopic (exact) mass is 458 g/mol. The Morgan fingerprint density at radius 1 is 0.912 bits per heavy atom. The van der Waals surface area contributed by atoms with Crippen molar-refractivity contribution in [2.45, 2.75) is 45.8 Å². The number of hydrogen-bond donors (Lipinski definition) is 0. The minimum Gasteiger partial charge on any atom is -0.441 e. The number of ether oxygens (including phenoxy) is 1. The van der Waals surface area contributed by atoms with Crippen LogP contribution in [0.15, 0.2) is 60.7 Å². The molecule has 2 heterocycles. The van der Waals surface area contributed by atoms with E-state index in [1.165, 1.54) is 39.9 Å². The molecule has 176 valence electrons. The first-order valence-corrected chi connectivity index (χ1v) is 12.0.